The largest absolute Gasteiger partial charge is 0.468 e. The topological polar surface area (TPSA) is 37.9 Å². The Bertz CT molecular complexity index is 414. The molecule has 0 unspecified atom stereocenters. The van der Waals surface area contributed by atoms with E-state index in [2.05, 4.69) is 61.2 Å². The molecular formula is C8H6I2N2O. The van der Waals surface area contributed by atoms with Crippen LogP contribution in [0.4, 0.5) is 0 Å². The Hall–Kier alpha value is -0.0500. The molecule has 0 aliphatic carbocycles. The van der Waals surface area contributed by atoms with Crippen LogP contribution >= 0.6 is 45.2 Å². The van der Waals surface area contributed by atoms with Crippen LogP contribution in [0, 0.1) is 7.14 Å². The minimum atomic E-state index is 0.567. The number of methoxy groups -OCH3 is 1. The molecule has 1 aromatic carbocycles. The number of imidazole rings is 1. The Labute approximate surface area is 103 Å². The summed E-state index contributed by atoms with van der Waals surface area (Å²) in [5.41, 5.74) is 2.02. The predicted molar refractivity (Wildman–Crippen MR) is 68.1 cm³/mol. The van der Waals surface area contributed by atoms with Gasteiger partial charge in [0.25, 0.3) is 6.01 Å². The summed E-state index contributed by atoms with van der Waals surface area (Å²) in [5.74, 6) is 0. The summed E-state index contributed by atoms with van der Waals surface area (Å²) in [6.45, 7) is 0. The molecule has 0 spiro atoms. The molecule has 1 heterocycles. The van der Waals surface area contributed by atoms with E-state index in [0.717, 1.165) is 18.2 Å². The fraction of sp³-hybridized carbons (Fsp3) is 0.125. The van der Waals surface area contributed by atoms with E-state index >= 15 is 0 Å². The van der Waals surface area contributed by atoms with Gasteiger partial charge in [-0.25, -0.2) is 0 Å². The molecule has 0 saturated carbocycles. The van der Waals surface area contributed by atoms with Gasteiger partial charge < -0.3 is 9.72 Å². The highest BCUT2D eigenvalue weighted by molar-refractivity contribution is 14.1. The van der Waals surface area contributed by atoms with Gasteiger partial charge in [-0.1, -0.05) is 0 Å². The lowest BCUT2D eigenvalue weighted by atomic mass is 10.3. The Morgan fingerprint density at radius 3 is 2.62 bits per heavy atom. The minimum absolute atomic E-state index is 0.567. The SMILES string of the molecule is COc1nc2c(I)ccc(I)c2[nH]1. The molecule has 1 N–H and O–H groups in total. The van der Waals surface area contributed by atoms with E-state index in [4.69, 9.17) is 4.74 Å². The highest BCUT2D eigenvalue weighted by atomic mass is 127. The van der Waals surface area contributed by atoms with Gasteiger partial charge in [0.05, 0.1) is 12.6 Å². The summed E-state index contributed by atoms with van der Waals surface area (Å²) < 4.78 is 7.32. The third-order valence-corrected chi connectivity index (χ3v) is 3.49. The van der Waals surface area contributed by atoms with Gasteiger partial charge >= 0.3 is 0 Å². The van der Waals surface area contributed by atoms with Gasteiger partial charge in [-0.15, -0.1) is 0 Å². The molecule has 2 rings (SSSR count). The molecule has 3 nitrogen and oxygen atoms in total. The maximum Gasteiger partial charge on any atom is 0.294 e. The van der Waals surface area contributed by atoms with Crippen molar-refractivity contribution >= 4 is 56.2 Å². The van der Waals surface area contributed by atoms with Crippen molar-refractivity contribution in [2.24, 2.45) is 0 Å². The quantitative estimate of drug-likeness (QED) is 0.749. The molecular weight excluding hydrogens is 394 g/mol. The fourth-order valence-electron chi connectivity index (χ4n) is 1.10. The second-order valence-corrected chi connectivity index (χ2v) is 4.82. The monoisotopic (exact) mass is 400 g/mol. The molecule has 5 heteroatoms. The zero-order valence-electron chi connectivity index (χ0n) is 6.77. The maximum absolute atomic E-state index is 5.04. The van der Waals surface area contributed by atoms with Crippen molar-refractivity contribution < 1.29 is 4.74 Å². The molecule has 0 atom stereocenters. The zero-order valence-corrected chi connectivity index (χ0v) is 11.1. The van der Waals surface area contributed by atoms with E-state index in [1.165, 1.54) is 0 Å². The number of nitrogens with one attached hydrogen (secondary N) is 1. The van der Waals surface area contributed by atoms with Crippen molar-refractivity contribution in [3.05, 3.63) is 19.3 Å². The Kier molecular flexibility index (Phi) is 2.63. The summed E-state index contributed by atoms with van der Waals surface area (Å²) in [6, 6.07) is 4.67. The van der Waals surface area contributed by atoms with Crippen LogP contribution in [0.1, 0.15) is 0 Å². The summed E-state index contributed by atoms with van der Waals surface area (Å²) in [4.78, 5) is 7.41. The van der Waals surface area contributed by atoms with Crippen LogP contribution < -0.4 is 4.74 Å². The molecule has 0 aliphatic heterocycles. The number of aromatic amines is 1. The van der Waals surface area contributed by atoms with Crippen molar-refractivity contribution in [3.8, 4) is 6.01 Å². The van der Waals surface area contributed by atoms with Gasteiger partial charge in [-0.2, -0.15) is 4.98 Å². The van der Waals surface area contributed by atoms with Crippen LogP contribution in [0.25, 0.3) is 11.0 Å². The first-order valence-electron chi connectivity index (χ1n) is 3.60. The van der Waals surface area contributed by atoms with Gasteiger partial charge in [-0.3, -0.25) is 0 Å². The number of fused-ring (bicyclic) bond motifs is 1. The summed E-state index contributed by atoms with van der Waals surface area (Å²) in [7, 11) is 1.61. The van der Waals surface area contributed by atoms with Crippen molar-refractivity contribution in [1.29, 1.82) is 0 Å². The minimum Gasteiger partial charge on any atom is -0.468 e. The average Bonchev–Trinajstić information content (AvgIpc) is 2.56. The molecule has 13 heavy (non-hydrogen) atoms. The van der Waals surface area contributed by atoms with Crippen LogP contribution in [0.3, 0.4) is 0 Å². The molecule has 2 aromatic rings. The van der Waals surface area contributed by atoms with Gasteiger partial charge in [-0.05, 0) is 57.3 Å². The van der Waals surface area contributed by atoms with Gasteiger partial charge in [0.1, 0.15) is 5.52 Å². The molecule has 0 radical (unpaired) electrons. The number of aromatic nitrogens is 2. The maximum atomic E-state index is 5.04. The lowest BCUT2D eigenvalue weighted by Crippen LogP contribution is -1.82. The number of rotatable bonds is 1. The standard InChI is InChI=1S/C8H6I2N2O/c1-13-8-11-6-4(9)2-3-5(10)7(6)12-8/h2-3H,1H3,(H,11,12). The van der Waals surface area contributed by atoms with E-state index in [1.807, 2.05) is 6.07 Å². The number of nitrogens with zero attached hydrogens (tertiary/aromatic N) is 1. The first-order chi connectivity index (χ1) is 6.22. The van der Waals surface area contributed by atoms with E-state index in [9.17, 15) is 0 Å². The van der Waals surface area contributed by atoms with Crippen molar-refractivity contribution in [2.75, 3.05) is 7.11 Å². The number of halogens is 2. The third-order valence-electron chi connectivity index (χ3n) is 1.72. The van der Waals surface area contributed by atoms with Crippen LogP contribution in [-0.2, 0) is 0 Å². The van der Waals surface area contributed by atoms with Crippen molar-refractivity contribution in [1.82, 2.24) is 9.97 Å². The fourth-order valence-corrected chi connectivity index (χ4v) is 2.24. The van der Waals surface area contributed by atoms with Crippen molar-refractivity contribution in [3.63, 3.8) is 0 Å². The average molecular weight is 400 g/mol. The second-order valence-electron chi connectivity index (χ2n) is 2.50. The number of hydrogen-bond donors (Lipinski definition) is 1. The van der Waals surface area contributed by atoms with Crippen LogP contribution in [0.15, 0.2) is 12.1 Å². The zero-order chi connectivity index (χ0) is 9.42. The molecule has 0 aliphatic rings. The summed E-state index contributed by atoms with van der Waals surface area (Å²) >= 11 is 4.54. The Morgan fingerprint density at radius 2 is 2.00 bits per heavy atom. The number of hydrogen-bond acceptors (Lipinski definition) is 2. The van der Waals surface area contributed by atoms with Gasteiger partial charge in [0, 0.05) is 7.14 Å². The van der Waals surface area contributed by atoms with Crippen LogP contribution in [0.5, 0.6) is 6.01 Å². The molecule has 1 aromatic heterocycles. The van der Waals surface area contributed by atoms with Gasteiger partial charge in [0.15, 0.2) is 0 Å². The van der Waals surface area contributed by atoms with E-state index in [0.29, 0.717) is 6.01 Å². The van der Waals surface area contributed by atoms with Crippen LogP contribution in [0.2, 0.25) is 0 Å². The second kappa shape index (κ2) is 3.60. The molecule has 0 saturated heterocycles. The smallest absolute Gasteiger partial charge is 0.294 e. The highest BCUT2D eigenvalue weighted by Gasteiger charge is 2.08. The molecule has 68 valence electrons. The van der Waals surface area contributed by atoms with E-state index < -0.39 is 0 Å². The van der Waals surface area contributed by atoms with E-state index in [1.54, 1.807) is 7.11 Å². The van der Waals surface area contributed by atoms with Gasteiger partial charge in [0.2, 0.25) is 0 Å². The Morgan fingerprint density at radius 1 is 1.31 bits per heavy atom. The number of H-pyrrole nitrogens is 1. The molecule has 0 bridgehead atoms. The van der Waals surface area contributed by atoms with E-state index in [-0.39, 0.29) is 0 Å². The Balaban J connectivity index is 2.80. The molecule has 0 fully saturated rings. The first kappa shape index (κ1) is 9.50. The lowest BCUT2D eigenvalue weighted by Gasteiger charge is -1.93. The van der Waals surface area contributed by atoms with Crippen LogP contribution in [-0.4, -0.2) is 17.1 Å². The molecule has 0 amide bonds. The third kappa shape index (κ3) is 1.63. The number of ether oxygens (including phenoxy) is 1. The van der Waals surface area contributed by atoms with Crippen molar-refractivity contribution in [2.45, 2.75) is 0 Å². The summed E-state index contributed by atoms with van der Waals surface area (Å²) in [5, 5.41) is 0. The lowest BCUT2D eigenvalue weighted by molar-refractivity contribution is 0.386. The normalized spacial score (nSPS) is 10.7. The summed E-state index contributed by atoms with van der Waals surface area (Å²) in [6.07, 6.45) is 0. The first-order valence-corrected chi connectivity index (χ1v) is 5.76. The number of benzene rings is 1. The highest BCUT2D eigenvalue weighted by Crippen LogP contribution is 2.25. The predicted octanol–water partition coefficient (Wildman–Crippen LogP) is 2.78.